The lowest BCUT2D eigenvalue weighted by Gasteiger charge is -1.99. The molecule has 0 aliphatic rings. The van der Waals surface area contributed by atoms with Crippen molar-refractivity contribution in [2.24, 2.45) is 0 Å². The molecule has 0 saturated carbocycles. The normalized spacial score (nSPS) is 12.4. The third kappa shape index (κ3) is 3.77. The van der Waals surface area contributed by atoms with Crippen molar-refractivity contribution in [2.45, 2.75) is 0 Å². The van der Waals surface area contributed by atoms with E-state index in [0.717, 1.165) is 12.1 Å². The lowest BCUT2D eigenvalue weighted by Crippen LogP contribution is -2.46. The van der Waals surface area contributed by atoms with Gasteiger partial charge in [0.1, 0.15) is 28.1 Å². The molecule has 0 amide bonds. The number of hydrogen-bond donors (Lipinski definition) is 2. The number of benzene rings is 2. The van der Waals surface area contributed by atoms with Gasteiger partial charge in [-0.3, -0.25) is 9.59 Å². The van der Waals surface area contributed by atoms with Crippen molar-refractivity contribution < 1.29 is 13.5 Å². The molecule has 5 nitrogen and oxygen atoms in total. The number of H-pyrrole nitrogens is 2. The number of aromatic nitrogens is 2. The zero-order valence-electron chi connectivity index (χ0n) is 13.7. The van der Waals surface area contributed by atoms with E-state index in [9.17, 15) is 18.4 Å². The molecule has 0 radical (unpaired) electrons. The van der Waals surface area contributed by atoms with Gasteiger partial charge in [0.15, 0.2) is 0 Å². The first-order chi connectivity index (χ1) is 12.5. The smallest absolute Gasteiger partial charge is 0.272 e. The van der Waals surface area contributed by atoms with E-state index >= 15 is 0 Å². The predicted octanol–water partition coefficient (Wildman–Crippen LogP) is 1.01. The fourth-order valence-corrected chi connectivity index (χ4v) is 2.34. The van der Waals surface area contributed by atoms with Gasteiger partial charge in [-0.1, -0.05) is 12.1 Å². The summed E-state index contributed by atoms with van der Waals surface area (Å²) in [5, 5.41) is -0.0794. The monoisotopic (exact) mass is 356 g/mol. The molecule has 0 unspecified atom stereocenters. The van der Waals surface area contributed by atoms with Gasteiger partial charge in [0.25, 0.3) is 11.1 Å². The number of methoxy groups -OCH3 is 1. The second-order valence-electron chi connectivity index (χ2n) is 5.46. The number of nitrogens with one attached hydrogen (secondary N) is 2. The molecule has 0 atom stereocenters. The van der Waals surface area contributed by atoms with Crippen molar-refractivity contribution in [3.05, 3.63) is 96.6 Å². The van der Waals surface area contributed by atoms with Crippen molar-refractivity contribution >= 4 is 12.2 Å². The third-order valence-electron chi connectivity index (χ3n) is 3.67. The van der Waals surface area contributed by atoms with Gasteiger partial charge in [-0.25, -0.2) is 8.78 Å². The van der Waals surface area contributed by atoms with Crippen LogP contribution < -0.4 is 26.6 Å². The van der Waals surface area contributed by atoms with Gasteiger partial charge in [-0.05, 0) is 42.0 Å². The number of hydrogen-bond acceptors (Lipinski definition) is 3. The molecule has 0 fully saturated rings. The standard InChI is InChI=1S/C19H14F2N2O3/c1-26-14-6-2-11(3-7-14)8-16-18(24)23-17(19(25)22-16)9-12-4-5-13(20)10-15(12)21/h2-10H,1H3,(H,22,25)(H,23,24)/b16-8-,17-9-. The Morgan fingerprint density at radius 3 is 2.08 bits per heavy atom. The zero-order valence-corrected chi connectivity index (χ0v) is 13.7. The molecule has 2 N–H and O–H groups in total. The van der Waals surface area contributed by atoms with Crippen LogP contribution >= 0.6 is 0 Å². The zero-order chi connectivity index (χ0) is 18.7. The van der Waals surface area contributed by atoms with Crippen LogP contribution in [-0.2, 0) is 0 Å². The van der Waals surface area contributed by atoms with Gasteiger partial charge in [0.2, 0.25) is 0 Å². The Morgan fingerprint density at radius 2 is 1.50 bits per heavy atom. The summed E-state index contributed by atoms with van der Waals surface area (Å²) >= 11 is 0. The fraction of sp³-hybridized carbons (Fsp3) is 0.0526. The minimum Gasteiger partial charge on any atom is -0.497 e. The molecule has 0 aliphatic carbocycles. The van der Waals surface area contributed by atoms with Crippen molar-refractivity contribution in [3.8, 4) is 5.75 Å². The van der Waals surface area contributed by atoms with Gasteiger partial charge in [0, 0.05) is 11.6 Å². The summed E-state index contributed by atoms with van der Waals surface area (Å²) in [6.07, 6.45) is 2.65. The van der Waals surface area contributed by atoms with Gasteiger partial charge in [-0.15, -0.1) is 0 Å². The third-order valence-corrected chi connectivity index (χ3v) is 3.67. The van der Waals surface area contributed by atoms with E-state index in [0.29, 0.717) is 17.4 Å². The second-order valence-corrected chi connectivity index (χ2v) is 5.46. The Kier molecular flexibility index (Phi) is 4.79. The van der Waals surface area contributed by atoms with Crippen LogP contribution in [0.2, 0.25) is 0 Å². The van der Waals surface area contributed by atoms with Crippen LogP contribution in [0, 0.1) is 11.6 Å². The average Bonchev–Trinajstić information content (AvgIpc) is 2.62. The maximum Gasteiger partial charge on any atom is 0.272 e. The number of ether oxygens (including phenoxy) is 1. The first kappa shape index (κ1) is 17.3. The molecular formula is C19H14F2N2O3. The molecule has 1 heterocycles. The summed E-state index contributed by atoms with van der Waals surface area (Å²) < 4.78 is 31.7. The highest BCUT2D eigenvalue weighted by Gasteiger charge is 2.02. The molecule has 2 aromatic carbocycles. The molecule has 0 bridgehead atoms. The topological polar surface area (TPSA) is 75.0 Å². The van der Waals surface area contributed by atoms with Crippen molar-refractivity contribution in [3.63, 3.8) is 0 Å². The van der Waals surface area contributed by atoms with Crippen molar-refractivity contribution in [1.29, 1.82) is 0 Å². The highest BCUT2D eigenvalue weighted by molar-refractivity contribution is 5.50. The molecule has 7 heteroatoms. The first-order valence-corrected chi connectivity index (χ1v) is 7.61. The van der Waals surface area contributed by atoms with Gasteiger partial charge < -0.3 is 14.7 Å². The Bertz CT molecular complexity index is 1180. The van der Waals surface area contributed by atoms with Crippen LogP contribution in [0.1, 0.15) is 11.1 Å². The second kappa shape index (κ2) is 7.18. The van der Waals surface area contributed by atoms with Crippen molar-refractivity contribution in [2.75, 3.05) is 7.11 Å². The molecule has 132 valence electrons. The Morgan fingerprint density at radius 1 is 0.885 bits per heavy atom. The van der Waals surface area contributed by atoms with E-state index in [-0.39, 0.29) is 16.3 Å². The molecule has 3 aromatic rings. The number of halogens is 2. The summed E-state index contributed by atoms with van der Waals surface area (Å²) in [7, 11) is 1.54. The molecule has 0 aliphatic heterocycles. The minimum atomic E-state index is -0.834. The minimum absolute atomic E-state index is 0.0144. The summed E-state index contributed by atoms with van der Waals surface area (Å²) in [6.45, 7) is 0. The Balaban J connectivity index is 2.08. The van der Waals surface area contributed by atoms with E-state index in [1.807, 2.05) is 0 Å². The molecular weight excluding hydrogens is 342 g/mol. The van der Waals surface area contributed by atoms with E-state index in [1.54, 1.807) is 31.4 Å². The van der Waals surface area contributed by atoms with Crippen LogP contribution in [0.25, 0.3) is 12.2 Å². The highest BCUT2D eigenvalue weighted by Crippen LogP contribution is 2.11. The van der Waals surface area contributed by atoms with Crippen LogP contribution in [0.5, 0.6) is 5.75 Å². The molecule has 3 rings (SSSR count). The fourth-order valence-electron chi connectivity index (χ4n) is 2.34. The highest BCUT2D eigenvalue weighted by atomic mass is 19.1. The maximum atomic E-state index is 13.7. The van der Waals surface area contributed by atoms with E-state index in [4.69, 9.17) is 4.74 Å². The molecule has 1 aromatic heterocycles. The van der Waals surface area contributed by atoms with Crippen LogP contribution in [0.3, 0.4) is 0 Å². The van der Waals surface area contributed by atoms with Crippen LogP contribution in [0.15, 0.2) is 52.1 Å². The van der Waals surface area contributed by atoms with Crippen LogP contribution in [0.4, 0.5) is 8.78 Å². The summed E-state index contributed by atoms with van der Waals surface area (Å²) in [4.78, 5) is 29.2. The largest absolute Gasteiger partial charge is 0.497 e. The van der Waals surface area contributed by atoms with Gasteiger partial charge in [0.05, 0.1) is 7.11 Å². The molecule has 0 spiro atoms. The van der Waals surface area contributed by atoms with Gasteiger partial charge in [-0.2, -0.15) is 0 Å². The quantitative estimate of drug-likeness (QED) is 0.736. The Labute approximate surface area is 145 Å². The SMILES string of the molecule is COc1ccc(/C=c2\[nH]c(=O)/c(=C/c3ccc(F)cc3F)[nH]c2=O)cc1. The van der Waals surface area contributed by atoms with E-state index in [1.165, 1.54) is 12.1 Å². The number of aromatic amines is 2. The van der Waals surface area contributed by atoms with Gasteiger partial charge >= 0.3 is 0 Å². The predicted molar refractivity (Wildman–Crippen MR) is 93.4 cm³/mol. The average molecular weight is 356 g/mol. The summed E-state index contributed by atoms with van der Waals surface area (Å²) in [6, 6.07) is 9.83. The summed E-state index contributed by atoms with van der Waals surface area (Å²) in [5.74, 6) is -0.901. The first-order valence-electron chi connectivity index (χ1n) is 7.61. The lowest BCUT2D eigenvalue weighted by molar-refractivity contribution is 0.415. The molecule has 26 heavy (non-hydrogen) atoms. The molecule has 0 saturated heterocycles. The van der Waals surface area contributed by atoms with E-state index in [2.05, 4.69) is 9.97 Å². The lowest BCUT2D eigenvalue weighted by atomic mass is 10.2. The van der Waals surface area contributed by atoms with Crippen LogP contribution in [-0.4, -0.2) is 17.1 Å². The number of rotatable bonds is 3. The van der Waals surface area contributed by atoms with Crippen molar-refractivity contribution in [1.82, 2.24) is 9.97 Å². The van der Waals surface area contributed by atoms with E-state index < -0.39 is 22.8 Å². The summed E-state index contributed by atoms with van der Waals surface area (Å²) in [5.41, 5.74) is -0.477. The maximum absolute atomic E-state index is 13.7. The Hall–Kier alpha value is -3.48.